The molecular weight excluding hydrogens is 320 g/mol. The first-order valence-corrected chi connectivity index (χ1v) is 8.52. The average molecular weight is 342 g/mol. The van der Waals surface area contributed by atoms with Gasteiger partial charge < -0.3 is 20.1 Å². The smallest absolute Gasteiger partial charge is 0.254 e. The third kappa shape index (κ3) is 4.86. The fraction of sp³-hybridized carbons (Fsp3) is 0.368. The minimum Gasteiger partial charge on any atom is -0.501 e. The number of anilines is 1. The summed E-state index contributed by atoms with van der Waals surface area (Å²) in [5.41, 5.74) is 2.93. The topological polar surface area (TPSA) is 76.7 Å². The van der Waals surface area contributed by atoms with Crippen LogP contribution in [0.5, 0.6) is 0 Å². The molecule has 2 aliphatic rings. The van der Waals surface area contributed by atoms with Gasteiger partial charge in [0.1, 0.15) is 0 Å². The van der Waals surface area contributed by atoms with Crippen LogP contribution in [0.4, 0.5) is 5.69 Å². The zero-order valence-electron chi connectivity index (χ0n) is 14.0. The van der Waals surface area contributed by atoms with Crippen LogP contribution in [-0.4, -0.2) is 25.0 Å². The van der Waals surface area contributed by atoms with E-state index in [2.05, 4.69) is 10.6 Å². The van der Waals surface area contributed by atoms with Crippen LogP contribution in [-0.2, 0) is 25.6 Å². The number of nitrogens with one attached hydrogen (secondary N) is 2. The molecule has 0 aromatic heterocycles. The monoisotopic (exact) mass is 342 g/mol. The fourth-order valence-electron chi connectivity index (χ4n) is 2.73. The van der Waals surface area contributed by atoms with E-state index in [4.69, 9.17) is 9.47 Å². The molecule has 6 heteroatoms. The average Bonchev–Trinajstić information content (AvgIpc) is 2.68. The molecule has 25 heavy (non-hydrogen) atoms. The number of hydrogen-bond acceptors (Lipinski definition) is 4. The van der Waals surface area contributed by atoms with Gasteiger partial charge in [-0.15, -0.1) is 0 Å². The molecule has 2 amide bonds. The number of benzene rings is 1. The van der Waals surface area contributed by atoms with E-state index in [9.17, 15) is 9.59 Å². The van der Waals surface area contributed by atoms with E-state index in [1.54, 1.807) is 0 Å². The minimum absolute atomic E-state index is 0.112. The highest BCUT2D eigenvalue weighted by Gasteiger charge is 2.14. The van der Waals surface area contributed by atoms with Gasteiger partial charge in [-0.2, -0.15) is 0 Å². The molecule has 0 spiro atoms. The van der Waals surface area contributed by atoms with Gasteiger partial charge in [-0.25, -0.2) is 0 Å². The molecule has 132 valence electrons. The summed E-state index contributed by atoms with van der Waals surface area (Å²) in [6.07, 6.45) is 6.24. The zero-order valence-corrected chi connectivity index (χ0v) is 14.0. The number of rotatable bonds is 5. The van der Waals surface area contributed by atoms with E-state index in [0.29, 0.717) is 36.6 Å². The van der Waals surface area contributed by atoms with Crippen LogP contribution in [0.2, 0.25) is 0 Å². The Hall–Kier alpha value is -2.76. The molecule has 0 unspecified atom stereocenters. The second-order valence-electron chi connectivity index (χ2n) is 6.07. The van der Waals surface area contributed by atoms with Crippen molar-refractivity contribution in [1.29, 1.82) is 0 Å². The van der Waals surface area contributed by atoms with Crippen LogP contribution in [0.3, 0.4) is 0 Å². The molecule has 1 aromatic carbocycles. The molecule has 1 aromatic rings. The summed E-state index contributed by atoms with van der Waals surface area (Å²) in [6.45, 7) is 1.72. The molecule has 2 N–H and O–H groups in total. The van der Waals surface area contributed by atoms with E-state index in [1.807, 2.05) is 24.3 Å². The Kier molecular flexibility index (Phi) is 5.72. The summed E-state index contributed by atoms with van der Waals surface area (Å²) >= 11 is 0. The Morgan fingerprint density at radius 2 is 1.64 bits per heavy atom. The van der Waals surface area contributed by atoms with E-state index in [-0.39, 0.29) is 11.8 Å². The second-order valence-corrected chi connectivity index (χ2v) is 6.07. The Morgan fingerprint density at radius 3 is 2.28 bits per heavy atom. The van der Waals surface area contributed by atoms with Crippen LogP contribution >= 0.6 is 0 Å². The van der Waals surface area contributed by atoms with E-state index >= 15 is 0 Å². The third-order valence-electron chi connectivity index (χ3n) is 4.09. The molecule has 2 aliphatic heterocycles. The summed E-state index contributed by atoms with van der Waals surface area (Å²) in [5.74, 6) is -0.260. The van der Waals surface area contributed by atoms with Crippen LogP contribution < -0.4 is 10.6 Å². The molecule has 0 radical (unpaired) electrons. The lowest BCUT2D eigenvalue weighted by Gasteiger charge is -2.15. The Morgan fingerprint density at radius 1 is 0.960 bits per heavy atom. The molecule has 2 heterocycles. The van der Waals surface area contributed by atoms with E-state index < -0.39 is 0 Å². The predicted molar refractivity (Wildman–Crippen MR) is 93.5 cm³/mol. The maximum atomic E-state index is 12.2. The highest BCUT2D eigenvalue weighted by atomic mass is 16.5. The van der Waals surface area contributed by atoms with Crippen molar-refractivity contribution in [3.05, 3.63) is 53.5 Å². The molecule has 3 rings (SSSR count). The first-order chi connectivity index (χ1) is 12.2. The lowest BCUT2D eigenvalue weighted by Crippen LogP contribution is -2.26. The van der Waals surface area contributed by atoms with Crippen LogP contribution in [0.1, 0.15) is 31.2 Å². The van der Waals surface area contributed by atoms with Gasteiger partial charge in [0.2, 0.25) is 0 Å². The largest absolute Gasteiger partial charge is 0.501 e. The van der Waals surface area contributed by atoms with Crippen LogP contribution in [0, 0.1) is 0 Å². The van der Waals surface area contributed by atoms with Crippen molar-refractivity contribution >= 4 is 17.5 Å². The zero-order chi connectivity index (χ0) is 17.5. The second kappa shape index (κ2) is 8.37. The molecule has 0 saturated heterocycles. The van der Waals surface area contributed by atoms with Gasteiger partial charge in [0.05, 0.1) is 36.9 Å². The number of carbonyl (C=O) groups is 2. The summed E-state index contributed by atoms with van der Waals surface area (Å²) < 4.78 is 10.4. The van der Waals surface area contributed by atoms with Crippen molar-refractivity contribution in [1.82, 2.24) is 5.32 Å². The Balaban J connectivity index is 1.56. The van der Waals surface area contributed by atoms with Gasteiger partial charge in [-0.1, -0.05) is 12.1 Å². The van der Waals surface area contributed by atoms with Crippen molar-refractivity contribution in [3.8, 4) is 0 Å². The number of amides is 2. The number of ether oxygens (including phenoxy) is 2. The molecule has 0 saturated carbocycles. The summed E-state index contributed by atoms with van der Waals surface area (Å²) in [5, 5.41) is 5.75. The van der Waals surface area contributed by atoms with Gasteiger partial charge in [-0.3, -0.25) is 9.59 Å². The fourth-order valence-corrected chi connectivity index (χ4v) is 2.73. The Bertz CT molecular complexity index is 709. The van der Waals surface area contributed by atoms with Crippen molar-refractivity contribution in [2.24, 2.45) is 0 Å². The van der Waals surface area contributed by atoms with E-state index in [1.165, 1.54) is 12.5 Å². The standard InChI is InChI=1S/C19H22N2O4/c22-18(15-5-2-8-24-12-15)20-11-14-4-1-7-17(10-14)21-19(23)16-6-3-9-25-13-16/h1,4,7,10,12-13H,2-3,5-6,8-9,11H2,(H,20,22)(H,21,23). The SMILES string of the molecule is O=C(NCc1cccc(NC(=O)C2=COCCC2)c1)C1=COCCC1. The lowest BCUT2D eigenvalue weighted by molar-refractivity contribution is -0.118. The first kappa shape index (κ1) is 17.1. The maximum absolute atomic E-state index is 12.2. The third-order valence-corrected chi connectivity index (χ3v) is 4.09. The molecular formula is C19H22N2O4. The van der Waals surface area contributed by atoms with Gasteiger partial charge in [0.15, 0.2) is 0 Å². The van der Waals surface area contributed by atoms with Crippen molar-refractivity contribution in [2.45, 2.75) is 32.2 Å². The highest BCUT2D eigenvalue weighted by molar-refractivity contribution is 6.03. The van der Waals surface area contributed by atoms with Gasteiger partial charge in [0.25, 0.3) is 11.8 Å². The van der Waals surface area contributed by atoms with Gasteiger partial charge in [-0.05, 0) is 43.4 Å². The van der Waals surface area contributed by atoms with E-state index in [0.717, 1.165) is 31.2 Å². The predicted octanol–water partition coefficient (Wildman–Crippen LogP) is 2.63. The normalized spacial score (nSPS) is 16.6. The highest BCUT2D eigenvalue weighted by Crippen LogP contribution is 2.17. The van der Waals surface area contributed by atoms with Gasteiger partial charge in [0, 0.05) is 12.2 Å². The van der Waals surface area contributed by atoms with Crippen LogP contribution in [0.25, 0.3) is 0 Å². The first-order valence-electron chi connectivity index (χ1n) is 8.52. The summed E-state index contributed by atoms with van der Waals surface area (Å²) in [4.78, 5) is 24.3. The van der Waals surface area contributed by atoms with Crippen molar-refractivity contribution in [3.63, 3.8) is 0 Å². The molecule has 6 nitrogen and oxygen atoms in total. The summed E-state index contributed by atoms with van der Waals surface area (Å²) in [7, 11) is 0. The quantitative estimate of drug-likeness (QED) is 0.862. The molecule has 0 bridgehead atoms. The molecule has 0 atom stereocenters. The van der Waals surface area contributed by atoms with Crippen LogP contribution in [0.15, 0.2) is 47.9 Å². The number of carbonyl (C=O) groups excluding carboxylic acids is 2. The van der Waals surface area contributed by atoms with Crippen molar-refractivity contribution < 1.29 is 19.1 Å². The Labute approximate surface area is 146 Å². The molecule has 0 aliphatic carbocycles. The lowest BCUT2D eigenvalue weighted by atomic mass is 10.1. The number of hydrogen-bond donors (Lipinski definition) is 2. The minimum atomic E-state index is -0.148. The van der Waals surface area contributed by atoms with Gasteiger partial charge >= 0.3 is 0 Å². The molecule has 0 fully saturated rings. The summed E-state index contributed by atoms with van der Waals surface area (Å²) in [6, 6.07) is 7.44. The maximum Gasteiger partial charge on any atom is 0.254 e. The van der Waals surface area contributed by atoms with Crippen molar-refractivity contribution in [2.75, 3.05) is 18.5 Å².